The van der Waals surface area contributed by atoms with Crippen LogP contribution in [0, 0.1) is 0 Å². The van der Waals surface area contributed by atoms with Crippen molar-refractivity contribution in [2.24, 2.45) is 7.05 Å². The molecule has 2 saturated carbocycles. The van der Waals surface area contributed by atoms with Crippen molar-refractivity contribution in [3.63, 3.8) is 0 Å². The number of hydrogen-bond donors (Lipinski definition) is 1. The number of nitrogens with zero attached hydrogens (tertiary/aromatic N) is 4. The predicted octanol–water partition coefficient (Wildman–Crippen LogP) is 2.21. The summed E-state index contributed by atoms with van der Waals surface area (Å²) in [5, 5.41) is 18.6. The van der Waals surface area contributed by atoms with E-state index in [2.05, 4.69) is 26.7 Å². The minimum Gasteiger partial charge on any atom is -0.392 e. The molecule has 1 unspecified atom stereocenters. The first-order chi connectivity index (χ1) is 10.1. The Morgan fingerprint density at radius 2 is 1.90 bits per heavy atom. The van der Waals surface area contributed by atoms with Gasteiger partial charge in [0.1, 0.15) is 11.6 Å². The van der Waals surface area contributed by atoms with Gasteiger partial charge < -0.3 is 9.67 Å². The van der Waals surface area contributed by atoms with Crippen molar-refractivity contribution < 1.29 is 5.11 Å². The van der Waals surface area contributed by atoms with Gasteiger partial charge >= 0.3 is 0 Å². The van der Waals surface area contributed by atoms with Crippen molar-refractivity contribution in [3.05, 3.63) is 11.6 Å². The molecule has 0 spiro atoms. The van der Waals surface area contributed by atoms with Crippen LogP contribution in [0.15, 0.2) is 0 Å². The van der Waals surface area contributed by atoms with E-state index in [1.54, 1.807) is 0 Å². The van der Waals surface area contributed by atoms with E-state index in [1.807, 2.05) is 6.92 Å². The number of aliphatic hydroxyl groups is 1. The molecular formula is C16H28N4O. The average molecular weight is 292 g/mol. The van der Waals surface area contributed by atoms with Gasteiger partial charge in [-0.1, -0.05) is 19.3 Å². The van der Waals surface area contributed by atoms with Gasteiger partial charge in [-0.15, -0.1) is 10.2 Å². The Kier molecular flexibility index (Phi) is 4.60. The van der Waals surface area contributed by atoms with E-state index in [0.29, 0.717) is 12.0 Å². The number of aromatic nitrogens is 3. The van der Waals surface area contributed by atoms with E-state index in [9.17, 15) is 5.11 Å². The van der Waals surface area contributed by atoms with Gasteiger partial charge in [-0.3, -0.25) is 4.90 Å². The quantitative estimate of drug-likeness (QED) is 0.873. The highest BCUT2D eigenvalue weighted by Crippen LogP contribution is 2.38. The maximum absolute atomic E-state index is 9.82. The highest BCUT2D eigenvalue weighted by Gasteiger charge is 2.30. The zero-order valence-corrected chi connectivity index (χ0v) is 13.3. The maximum Gasteiger partial charge on any atom is 0.146 e. The molecular weight excluding hydrogens is 264 g/mol. The van der Waals surface area contributed by atoms with Crippen LogP contribution in [0.25, 0.3) is 0 Å². The van der Waals surface area contributed by atoms with E-state index in [4.69, 9.17) is 0 Å². The zero-order valence-electron chi connectivity index (χ0n) is 13.3. The van der Waals surface area contributed by atoms with E-state index < -0.39 is 0 Å². The van der Waals surface area contributed by atoms with Crippen molar-refractivity contribution in [2.75, 3.05) is 6.54 Å². The molecule has 0 bridgehead atoms. The Morgan fingerprint density at radius 1 is 1.19 bits per heavy atom. The van der Waals surface area contributed by atoms with E-state index in [-0.39, 0.29) is 6.10 Å². The third-order valence-electron chi connectivity index (χ3n) is 4.88. The fraction of sp³-hybridized carbons (Fsp3) is 0.875. The molecule has 0 amide bonds. The monoisotopic (exact) mass is 292 g/mol. The second-order valence-electron chi connectivity index (χ2n) is 6.88. The molecule has 1 atom stereocenters. The van der Waals surface area contributed by atoms with Gasteiger partial charge in [0.05, 0.1) is 12.6 Å². The van der Waals surface area contributed by atoms with Gasteiger partial charge in [-0.2, -0.15) is 0 Å². The summed E-state index contributed by atoms with van der Waals surface area (Å²) in [7, 11) is 2.09. The Hall–Kier alpha value is -0.940. The molecule has 5 nitrogen and oxygen atoms in total. The van der Waals surface area contributed by atoms with Crippen LogP contribution in [0.2, 0.25) is 0 Å². The van der Waals surface area contributed by atoms with Gasteiger partial charge in [0.15, 0.2) is 0 Å². The largest absolute Gasteiger partial charge is 0.392 e. The Balaban J connectivity index is 1.70. The molecule has 1 aromatic heterocycles. The van der Waals surface area contributed by atoms with E-state index in [0.717, 1.165) is 24.7 Å². The molecule has 0 saturated heterocycles. The number of aliphatic hydroxyl groups excluding tert-OH is 1. The lowest BCUT2D eigenvalue weighted by molar-refractivity contribution is 0.0742. The Bertz CT molecular complexity index is 461. The van der Waals surface area contributed by atoms with Crippen LogP contribution in [-0.2, 0) is 13.6 Å². The second kappa shape index (κ2) is 6.44. The lowest BCUT2D eigenvalue weighted by atomic mass is 9.94. The van der Waals surface area contributed by atoms with Crippen LogP contribution in [0.4, 0.5) is 0 Å². The first-order valence-corrected chi connectivity index (χ1v) is 8.45. The van der Waals surface area contributed by atoms with Crippen LogP contribution in [0.5, 0.6) is 0 Å². The summed E-state index contributed by atoms with van der Waals surface area (Å²) in [6.45, 7) is 3.42. The summed E-state index contributed by atoms with van der Waals surface area (Å²) in [6.07, 6.45) is 8.70. The van der Waals surface area contributed by atoms with E-state index >= 15 is 0 Å². The number of rotatable bonds is 6. The summed E-state index contributed by atoms with van der Waals surface area (Å²) in [6, 6.07) is 0.592. The number of hydrogen-bond acceptors (Lipinski definition) is 4. The van der Waals surface area contributed by atoms with Crippen molar-refractivity contribution in [1.82, 2.24) is 19.7 Å². The summed E-state index contributed by atoms with van der Waals surface area (Å²) in [5.41, 5.74) is 0. The fourth-order valence-electron chi connectivity index (χ4n) is 3.52. The van der Waals surface area contributed by atoms with Gasteiger partial charge in [-0.05, 0) is 32.6 Å². The molecule has 0 radical (unpaired) electrons. The highest BCUT2D eigenvalue weighted by molar-refractivity contribution is 5.08. The van der Waals surface area contributed by atoms with Gasteiger partial charge in [0, 0.05) is 25.6 Å². The minimum absolute atomic E-state index is 0.289. The Morgan fingerprint density at radius 3 is 2.52 bits per heavy atom. The third-order valence-corrected chi connectivity index (χ3v) is 4.88. The lowest BCUT2D eigenvalue weighted by Gasteiger charge is -2.34. The molecule has 118 valence electrons. The molecule has 2 aliphatic carbocycles. The van der Waals surface area contributed by atoms with Crippen LogP contribution >= 0.6 is 0 Å². The SMILES string of the molecule is CC(O)CN(Cc1nnc(C2CC2)n1C)C1CCCCC1. The maximum atomic E-state index is 9.82. The van der Waals surface area contributed by atoms with Crippen LogP contribution < -0.4 is 0 Å². The predicted molar refractivity (Wildman–Crippen MR) is 81.9 cm³/mol. The normalized spacial score (nSPS) is 21.9. The third kappa shape index (κ3) is 3.64. The first-order valence-electron chi connectivity index (χ1n) is 8.45. The van der Waals surface area contributed by atoms with Gasteiger partial charge in [-0.25, -0.2) is 0 Å². The molecule has 1 aromatic rings. The second-order valence-corrected chi connectivity index (χ2v) is 6.88. The topological polar surface area (TPSA) is 54.2 Å². The fourth-order valence-corrected chi connectivity index (χ4v) is 3.52. The lowest BCUT2D eigenvalue weighted by Crippen LogP contribution is -2.41. The molecule has 1 heterocycles. The van der Waals surface area contributed by atoms with Crippen molar-refractivity contribution in [3.8, 4) is 0 Å². The van der Waals surface area contributed by atoms with Crippen molar-refractivity contribution in [1.29, 1.82) is 0 Å². The van der Waals surface area contributed by atoms with E-state index in [1.165, 1.54) is 44.9 Å². The van der Waals surface area contributed by atoms with Gasteiger partial charge in [0.25, 0.3) is 0 Å². The van der Waals surface area contributed by atoms with Crippen LogP contribution in [-0.4, -0.2) is 43.5 Å². The standard InChI is InChI=1S/C16H28N4O/c1-12(21)10-20(14-6-4-3-5-7-14)11-15-17-18-16(19(15)2)13-8-9-13/h12-14,21H,3-11H2,1-2H3. The first kappa shape index (κ1) is 15.0. The summed E-state index contributed by atoms with van der Waals surface area (Å²) in [5.74, 6) is 2.82. The molecule has 2 aliphatic rings. The molecule has 0 aliphatic heterocycles. The van der Waals surface area contributed by atoms with Crippen molar-refractivity contribution in [2.45, 2.75) is 76.5 Å². The van der Waals surface area contributed by atoms with Crippen LogP contribution in [0.3, 0.4) is 0 Å². The molecule has 1 N–H and O–H groups in total. The zero-order chi connectivity index (χ0) is 14.8. The van der Waals surface area contributed by atoms with Gasteiger partial charge in [0.2, 0.25) is 0 Å². The molecule has 5 heteroatoms. The molecule has 0 aromatic carbocycles. The Labute approximate surface area is 127 Å². The molecule has 3 rings (SSSR count). The summed E-state index contributed by atoms with van der Waals surface area (Å²) in [4.78, 5) is 2.42. The summed E-state index contributed by atoms with van der Waals surface area (Å²) < 4.78 is 2.18. The van der Waals surface area contributed by atoms with Crippen molar-refractivity contribution >= 4 is 0 Å². The smallest absolute Gasteiger partial charge is 0.146 e. The molecule has 2 fully saturated rings. The van der Waals surface area contributed by atoms with Crippen LogP contribution in [0.1, 0.15) is 69.4 Å². The minimum atomic E-state index is -0.289. The average Bonchev–Trinajstić information content (AvgIpc) is 3.25. The summed E-state index contributed by atoms with van der Waals surface area (Å²) >= 11 is 0. The molecule has 21 heavy (non-hydrogen) atoms. The highest BCUT2D eigenvalue weighted by atomic mass is 16.3.